The number of nitrogens with one attached hydrogen (secondary N) is 2. The fourth-order valence-corrected chi connectivity index (χ4v) is 3.45. The van der Waals surface area contributed by atoms with Crippen molar-refractivity contribution in [2.24, 2.45) is 0 Å². The van der Waals surface area contributed by atoms with Crippen molar-refractivity contribution in [2.45, 2.75) is 13.0 Å². The largest absolute Gasteiger partial charge is 0.492 e. The van der Waals surface area contributed by atoms with E-state index >= 15 is 0 Å². The van der Waals surface area contributed by atoms with E-state index in [4.69, 9.17) is 4.74 Å². The van der Waals surface area contributed by atoms with Crippen molar-refractivity contribution in [3.05, 3.63) is 93.2 Å². The molecular weight excluding hydrogens is 439 g/mol. The second-order valence-electron chi connectivity index (χ2n) is 7.37. The van der Waals surface area contributed by atoms with E-state index in [9.17, 15) is 27.6 Å². The van der Waals surface area contributed by atoms with E-state index in [0.29, 0.717) is 11.1 Å². The van der Waals surface area contributed by atoms with Crippen molar-refractivity contribution in [1.82, 2.24) is 9.88 Å². The Hall–Kier alpha value is -4.08. The minimum atomic E-state index is -1.03. The first-order valence-corrected chi connectivity index (χ1v) is 9.98. The van der Waals surface area contributed by atoms with Gasteiger partial charge in [-0.05, 0) is 41.5 Å². The standard InChI is InChI=1S/C23H18F3N3O4/c24-17-4-3-13(8-18(17)25)12-29-6-1-2-16(23(29)32)22(31)27-5-7-33-15-9-14-10-20(30)28-21(14)19(26)11-15/h1-4,6,8-9,11H,5,7,10,12H2,(H,27,31)(H,28,30). The van der Waals surface area contributed by atoms with Gasteiger partial charge in [-0.2, -0.15) is 0 Å². The van der Waals surface area contributed by atoms with Gasteiger partial charge in [-0.1, -0.05) is 6.07 Å². The number of nitrogens with zero attached hydrogens (tertiary/aromatic N) is 1. The predicted molar refractivity (Wildman–Crippen MR) is 113 cm³/mol. The van der Waals surface area contributed by atoms with Crippen molar-refractivity contribution in [2.75, 3.05) is 18.5 Å². The molecule has 2 N–H and O–H groups in total. The molecule has 0 radical (unpaired) electrons. The van der Waals surface area contributed by atoms with Crippen LogP contribution in [0.1, 0.15) is 21.5 Å². The first-order valence-electron chi connectivity index (χ1n) is 9.98. The minimum absolute atomic E-state index is 0.00121. The summed E-state index contributed by atoms with van der Waals surface area (Å²) >= 11 is 0. The Balaban J connectivity index is 1.35. The normalized spacial score (nSPS) is 12.3. The molecule has 0 atom stereocenters. The molecule has 0 fully saturated rings. The van der Waals surface area contributed by atoms with Gasteiger partial charge < -0.3 is 19.9 Å². The lowest BCUT2D eigenvalue weighted by molar-refractivity contribution is -0.115. The van der Waals surface area contributed by atoms with Crippen LogP contribution in [-0.2, 0) is 17.8 Å². The van der Waals surface area contributed by atoms with Crippen LogP contribution in [0.4, 0.5) is 18.9 Å². The second-order valence-corrected chi connectivity index (χ2v) is 7.37. The van der Waals surface area contributed by atoms with Crippen LogP contribution >= 0.6 is 0 Å². The molecule has 0 spiro atoms. The van der Waals surface area contributed by atoms with Gasteiger partial charge in [0.2, 0.25) is 5.91 Å². The Kier molecular flexibility index (Phi) is 6.16. The molecule has 0 aliphatic carbocycles. The number of benzene rings is 2. The summed E-state index contributed by atoms with van der Waals surface area (Å²) in [6.07, 6.45) is 1.50. The van der Waals surface area contributed by atoms with Crippen LogP contribution in [0.5, 0.6) is 5.75 Å². The zero-order valence-electron chi connectivity index (χ0n) is 17.2. The maximum Gasteiger partial charge on any atom is 0.263 e. The maximum absolute atomic E-state index is 14.0. The number of anilines is 1. The van der Waals surface area contributed by atoms with Gasteiger partial charge in [-0.3, -0.25) is 14.4 Å². The molecule has 0 unspecified atom stereocenters. The second kappa shape index (κ2) is 9.19. The van der Waals surface area contributed by atoms with Crippen LogP contribution in [0.3, 0.4) is 0 Å². The van der Waals surface area contributed by atoms with Gasteiger partial charge in [-0.25, -0.2) is 13.2 Å². The van der Waals surface area contributed by atoms with Crippen molar-refractivity contribution in [1.29, 1.82) is 0 Å². The fourth-order valence-electron chi connectivity index (χ4n) is 3.45. The van der Waals surface area contributed by atoms with Gasteiger partial charge in [0.1, 0.15) is 17.9 Å². The van der Waals surface area contributed by atoms with Crippen molar-refractivity contribution < 1.29 is 27.5 Å². The van der Waals surface area contributed by atoms with Crippen LogP contribution in [0.15, 0.2) is 53.5 Å². The lowest BCUT2D eigenvalue weighted by atomic mass is 10.1. The number of carbonyl (C=O) groups is 2. The molecule has 1 aliphatic heterocycles. The number of hydrogen-bond donors (Lipinski definition) is 2. The quantitative estimate of drug-likeness (QED) is 0.534. The number of ether oxygens (including phenoxy) is 1. The maximum atomic E-state index is 14.0. The Bertz CT molecular complexity index is 1310. The number of aromatic nitrogens is 1. The van der Waals surface area contributed by atoms with Gasteiger partial charge >= 0.3 is 0 Å². The van der Waals surface area contributed by atoms with E-state index < -0.39 is 28.9 Å². The fraction of sp³-hybridized carbons (Fsp3) is 0.174. The number of pyridine rings is 1. The summed E-state index contributed by atoms with van der Waals surface area (Å²) in [4.78, 5) is 36.4. The first kappa shape index (κ1) is 22.1. The van der Waals surface area contributed by atoms with Crippen molar-refractivity contribution in [3.8, 4) is 5.75 Å². The average Bonchev–Trinajstić information content (AvgIpc) is 3.16. The smallest absolute Gasteiger partial charge is 0.263 e. The number of rotatable bonds is 7. The molecule has 0 saturated heterocycles. The number of amides is 2. The van der Waals surface area contributed by atoms with Crippen LogP contribution in [0, 0.1) is 17.5 Å². The van der Waals surface area contributed by atoms with Crippen LogP contribution < -0.4 is 20.9 Å². The number of hydrogen-bond acceptors (Lipinski definition) is 4. The van der Waals surface area contributed by atoms with E-state index in [2.05, 4.69) is 10.6 Å². The van der Waals surface area contributed by atoms with Crippen molar-refractivity contribution >= 4 is 17.5 Å². The highest BCUT2D eigenvalue weighted by Gasteiger charge is 2.22. The zero-order valence-corrected chi connectivity index (χ0v) is 17.2. The molecule has 2 heterocycles. The number of carbonyl (C=O) groups excluding carboxylic acids is 2. The monoisotopic (exact) mass is 457 g/mol. The predicted octanol–water partition coefficient (Wildman–Crippen LogP) is 2.62. The summed E-state index contributed by atoms with van der Waals surface area (Å²) in [7, 11) is 0. The lowest BCUT2D eigenvalue weighted by Gasteiger charge is -2.11. The Morgan fingerprint density at radius 1 is 1.06 bits per heavy atom. The molecule has 2 amide bonds. The molecule has 33 heavy (non-hydrogen) atoms. The summed E-state index contributed by atoms with van der Waals surface area (Å²) in [6.45, 7) is -0.00500. The topological polar surface area (TPSA) is 89.4 Å². The van der Waals surface area contributed by atoms with Crippen molar-refractivity contribution in [3.63, 3.8) is 0 Å². The van der Waals surface area contributed by atoms with E-state index in [-0.39, 0.29) is 49.0 Å². The van der Waals surface area contributed by atoms with Gasteiger partial charge in [0.15, 0.2) is 17.5 Å². The molecule has 1 aliphatic rings. The highest BCUT2D eigenvalue weighted by atomic mass is 19.2. The molecule has 0 bridgehead atoms. The summed E-state index contributed by atoms with van der Waals surface area (Å²) in [5, 5.41) is 4.97. The number of fused-ring (bicyclic) bond motifs is 1. The third kappa shape index (κ3) is 4.89. The molecule has 0 saturated carbocycles. The highest BCUT2D eigenvalue weighted by Crippen LogP contribution is 2.30. The molecule has 1 aromatic heterocycles. The van der Waals surface area contributed by atoms with Gasteiger partial charge in [-0.15, -0.1) is 0 Å². The summed E-state index contributed by atoms with van der Waals surface area (Å²) in [5.41, 5.74) is 0.265. The highest BCUT2D eigenvalue weighted by molar-refractivity contribution is 5.99. The third-order valence-electron chi connectivity index (χ3n) is 5.02. The SMILES string of the molecule is O=C1Cc2cc(OCCNC(=O)c3cccn(Cc4ccc(F)c(F)c4)c3=O)cc(F)c2N1. The first-order chi connectivity index (χ1) is 15.8. The van der Waals surface area contributed by atoms with Gasteiger partial charge in [0.05, 0.1) is 25.2 Å². The summed E-state index contributed by atoms with van der Waals surface area (Å²) in [6, 6.07) is 8.83. The van der Waals surface area contributed by atoms with Crippen LogP contribution in [0.2, 0.25) is 0 Å². The van der Waals surface area contributed by atoms with E-state index in [1.165, 1.54) is 29.0 Å². The molecule has 2 aromatic carbocycles. The molecule has 7 nitrogen and oxygen atoms in total. The number of halogens is 3. The van der Waals surface area contributed by atoms with Crippen LogP contribution in [-0.4, -0.2) is 29.5 Å². The molecule has 170 valence electrons. The third-order valence-corrected chi connectivity index (χ3v) is 5.02. The molecular formula is C23H18F3N3O4. The Labute approximate surface area is 185 Å². The van der Waals surface area contributed by atoms with E-state index in [1.807, 2.05) is 0 Å². The Morgan fingerprint density at radius 2 is 1.88 bits per heavy atom. The molecule has 10 heteroatoms. The van der Waals surface area contributed by atoms with E-state index in [0.717, 1.165) is 18.2 Å². The summed E-state index contributed by atoms with van der Waals surface area (Å²) in [5.74, 6) is -3.35. The van der Waals surface area contributed by atoms with Crippen LogP contribution in [0.25, 0.3) is 0 Å². The minimum Gasteiger partial charge on any atom is -0.492 e. The zero-order chi connectivity index (χ0) is 23.5. The van der Waals surface area contributed by atoms with E-state index in [1.54, 1.807) is 6.07 Å². The van der Waals surface area contributed by atoms with Gasteiger partial charge in [0, 0.05) is 12.3 Å². The van der Waals surface area contributed by atoms with Gasteiger partial charge in [0.25, 0.3) is 11.5 Å². The molecule has 3 aromatic rings. The molecule has 4 rings (SSSR count). The summed E-state index contributed by atoms with van der Waals surface area (Å²) < 4.78 is 47.2. The lowest BCUT2D eigenvalue weighted by Crippen LogP contribution is -2.34. The Morgan fingerprint density at radius 3 is 2.67 bits per heavy atom. The average molecular weight is 457 g/mol.